The summed E-state index contributed by atoms with van der Waals surface area (Å²) < 4.78 is 3.58. The van der Waals surface area contributed by atoms with Gasteiger partial charge in [-0.3, -0.25) is 4.98 Å². The van der Waals surface area contributed by atoms with Crippen molar-refractivity contribution >= 4 is 55.9 Å². The number of benzene rings is 5. The second kappa shape index (κ2) is 18.7. The smallest absolute Gasteiger partial charge is 0.113 e. The van der Waals surface area contributed by atoms with Crippen LogP contribution in [0.1, 0.15) is 75.8 Å². The molecule has 62 heavy (non-hydrogen) atoms. The van der Waals surface area contributed by atoms with Gasteiger partial charge in [-0.05, 0) is 105 Å². The Hall–Kier alpha value is -5.04. The molecule has 0 N–H and O–H groups in total. The molecule has 9 rings (SSSR count). The third-order valence-electron chi connectivity index (χ3n) is 11.4. The fraction of sp³-hybridized carbons (Fsp3) is 0.255. The maximum absolute atomic E-state index is 5.30. The van der Waals surface area contributed by atoms with E-state index in [1.165, 1.54) is 54.2 Å². The van der Waals surface area contributed by atoms with Gasteiger partial charge in [-0.2, -0.15) is 11.3 Å². The molecule has 0 aliphatic rings. The number of aryl methyl sites for hydroxylation is 1. The van der Waals surface area contributed by atoms with E-state index in [2.05, 4.69) is 193 Å². The van der Waals surface area contributed by atoms with Crippen LogP contribution in [0.3, 0.4) is 0 Å². The Balaban J connectivity index is 0.000000233. The number of thiophene rings is 1. The quantitative estimate of drug-likeness (QED) is 0.107. The number of imidazole rings is 1. The molecule has 5 aromatic carbocycles. The van der Waals surface area contributed by atoms with Gasteiger partial charge in [0, 0.05) is 37.7 Å². The Morgan fingerprint density at radius 1 is 0.694 bits per heavy atom. The van der Waals surface area contributed by atoms with Gasteiger partial charge >= 0.3 is 0 Å². The summed E-state index contributed by atoms with van der Waals surface area (Å²) in [6.45, 7) is 23.0. The number of aromatic nitrogens is 4. The van der Waals surface area contributed by atoms with Gasteiger partial charge in [-0.25, -0.2) is 4.98 Å². The summed E-state index contributed by atoms with van der Waals surface area (Å²) >= 11 is 1.74. The van der Waals surface area contributed by atoms with E-state index in [-0.39, 0.29) is 20.1 Å². The van der Waals surface area contributed by atoms with Crippen LogP contribution in [0.2, 0.25) is 19.6 Å². The second-order valence-electron chi connectivity index (χ2n) is 18.3. The average Bonchev–Trinajstić information content (AvgIpc) is 3.81. The molecule has 0 spiro atoms. The van der Waals surface area contributed by atoms with Crippen LogP contribution in [0.15, 0.2) is 128 Å². The molecule has 0 atom stereocenters. The predicted molar refractivity (Wildman–Crippen MR) is 264 cm³/mol. The zero-order valence-electron chi connectivity index (χ0n) is 37.6. The molecule has 0 amide bonds. The molecular weight excluding hydrogens is 969 g/mol. The minimum absolute atomic E-state index is 0. The summed E-state index contributed by atoms with van der Waals surface area (Å²) in [6.07, 6.45) is 3.24. The third-order valence-corrected chi connectivity index (χ3v) is 14.6. The van der Waals surface area contributed by atoms with Crippen LogP contribution >= 0.6 is 11.3 Å². The molecule has 317 valence electrons. The van der Waals surface area contributed by atoms with Crippen LogP contribution in [0, 0.1) is 25.0 Å². The first-order valence-corrected chi connectivity index (χ1v) is 26.0. The molecule has 7 heteroatoms. The van der Waals surface area contributed by atoms with Crippen LogP contribution < -0.4 is 5.19 Å². The molecule has 0 fully saturated rings. The van der Waals surface area contributed by atoms with E-state index >= 15 is 0 Å². The third kappa shape index (κ3) is 9.19. The van der Waals surface area contributed by atoms with Gasteiger partial charge in [0.05, 0.1) is 24.9 Å². The standard InChI is InChI=1S/C37H32N3S.C18H24NSi.Ir/c1-22(2)30-20-26(25-12-7-6-8-13-25)21-31(23(3)4)34(30)40-33-17-10-9-16-32(33)39-36(40)29-15-11-14-27-28-19-18-24(5)38-37(28)41-35(27)29;1-14(2)11-16-12-17(15-9-7-6-8-10-15)19-13-18(16)20(3,4)5;/h6-14,16-23H,1-5H3;6-9,12-14H,11H2,1-5H3;/q2*-1;. The Bertz CT molecular complexity index is 2950. The number of nitrogens with zero attached hydrogens (tertiary/aromatic N) is 4. The van der Waals surface area contributed by atoms with Crippen LogP contribution in [0.25, 0.3) is 70.8 Å². The van der Waals surface area contributed by atoms with Gasteiger partial charge < -0.3 is 9.55 Å². The normalized spacial score (nSPS) is 11.8. The fourth-order valence-corrected chi connectivity index (χ4v) is 11.2. The monoisotopic (exact) mass is 1030 g/mol. The zero-order chi connectivity index (χ0) is 43.0. The Kier molecular flexibility index (Phi) is 13.6. The average molecular weight is 1030 g/mol. The summed E-state index contributed by atoms with van der Waals surface area (Å²) in [5.41, 5.74) is 14.1. The van der Waals surface area contributed by atoms with Crippen molar-refractivity contribution in [2.24, 2.45) is 5.92 Å². The van der Waals surface area contributed by atoms with E-state index in [1.54, 1.807) is 11.3 Å². The molecule has 0 saturated carbocycles. The number of fused-ring (bicyclic) bond motifs is 4. The van der Waals surface area contributed by atoms with Gasteiger partial charge in [-0.15, -0.1) is 54.1 Å². The Morgan fingerprint density at radius 3 is 2.05 bits per heavy atom. The van der Waals surface area contributed by atoms with Crippen molar-refractivity contribution in [3.8, 4) is 39.5 Å². The first-order valence-electron chi connectivity index (χ1n) is 21.7. The summed E-state index contributed by atoms with van der Waals surface area (Å²) in [7, 11) is -1.34. The molecule has 0 aliphatic carbocycles. The molecule has 4 nitrogen and oxygen atoms in total. The van der Waals surface area contributed by atoms with Crippen LogP contribution in [-0.4, -0.2) is 27.6 Å². The first-order chi connectivity index (χ1) is 29.3. The molecule has 1 radical (unpaired) electrons. The van der Waals surface area contributed by atoms with E-state index in [0.29, 0.717) is 17.8 Å². The number of rotatable bonds is 9. The van der Waals surface area contributed by atoms with E-state index < -0.39 is 8.07 Å². The largest absolute Gasteiger partial charge is 0.333 e. The molecular formula is C55H56IrN4SSi-2. The molecule has 0 unspecified atom stereocenters. The second-order valence-corrected chi connectivity index (χ2v) is 24.3. The van der Waals surface area contributed by atoms with E-state index in [1.807, 2.05) is 24.3 Å². The molecule has 9 aromatic rings. The molecule has 0 bridgehead atoms. The van der Waals surface area contributed by atoms with Crippen molar-refractivity contribution in [3.63, 3.8) is 0 Å². The Morgan fingerprint density at radius 2 is 1.39 bits per heavy atom. The topological polar surface area (TPSA) is 43.6 Å². The van der Waals surface area contributed by atoms with E-state index in [0.717, 1.165) is 50.6 Å². The van der Waals surface area contributed by atoms with Crippen molar-refractivity contribution in [3.05, 3.63) is 162 Å². The molecule has 0 aliphatic heterocycles. The van der Waals surface area contributed by atoms with Crippen LogP contribution in [0.5, 0.6) is 0 Å². The summed E-state index contributed by atoms with van der Waals surface area (Å²) in [4.78, 5) is 15.9. The Labute approximate surface area is 386 Å². The van der Waals surface area contributed by atoms with Crippen molar-refractivity contribution < 1.29 is 20.1 Å². The summed E-state index contributed by atoms with van der Waals surface area (Å²) in [6, 6.07) is 49.7. The van der Waals surface area contributed by atoms with Gasteiger partial charge in [0.15, 0.2) is 0 Å². The number of para-hydroxylation sites is 2. The fourth-order valence-electron chi connectivity index (χ4n) is 8.40. The maximum Gasteiger partial charge on any atom is 0.113 e. The summed E-state index contributed by atoms with van der Waals surface area (Å²) in [5, 5.41) is 3.88. The predicted octanol–water partition coefficient (Wildman–Crippen LogP) is 14.8. The van der Waals surface area contributed by atoms with Gasteiger partial charge in [-0.1, -0.05) is 132 Å². The van der Waals surface area contributed by atoms with Gasteiger partial charge in [0.25, 0.3) is 0 Å². The molecule has 4 heterocycles. The van der Waals surface area contributed by atoms with E-state index in [9.17, 15) is 0 Å². The van der Waals surface area contributed by atoms with Gasteiger partial charge in [0.1, 0.15) is 4.83 Å². The van der Waals surface area contributed by atoms with Crippen LogP contribution in [-0.2, 0) is 26.5 Å². The van der Waals surface area contributed by atoms with Crippen molar-refractivity contribution in [1.82, 2.24) is 19.5 Å². The maximum atomic E-state index is 5.30. The van der Waals surface area contributed by atoms with Crippen molar-refractivity contribution in [2.75, 3.05) is 0 Å². The zero-order valence-corrected chi connectivity index (χ0v) is 41.8. The van der Waals surface area contributed by atoms with Crippen molar-refractivity contribution in [1.29, 1.82) is 0 Å². The molecule has 0 saturated heterocycles. The number of hydrogen-bond acceptors (Lipinski definition) is 4. The summed E-state index contributed by atoms with van der Waals surface area (Å²) in [5.74, 6) is 2.23. The van der Waals surface area contributed by atoms with Crippen LogP contribution in [0.4, 0.5) is 0 Å². The SMILES string of the molecule is CC(C)Cc1cc(-c2[c-]cccc2)ncc1[Si](C)(C)C.Cc1ccc2c(n1)sc1c(-c3nc4ccccc4n3-c3c(C(C)C)cc(-c4ccccc4)cc3C(C)C)[c-]ccc12.[Ir]. The molecule has 4 aromatic heterocycles. The number of pyridine rings is 2. The minimum atomic E-state index is -1.34. The first kappa shape index (κ1) is 45.0. The van der Waals surface area contributed by atoms with Crippen molar-refractivity contribution in [2.45, 2.75) is 86.4 Å². The minimum Gasteiger partial charge on any atom is -0.333 e. The number of hydrogen-bond donors (Lipinski definition) is 0. The van der Waals surface area contributed by atoms with E-state index in [4.69, 9.17) is 9.97 Å². The van der Waals surface area contributed by atoms with Gasteiger partial charge in [0.2, 0.25) is 0 Å².